The zero-order valence-electron chi connectivity index (χ0n) is 11.9. The Morgan fingerprint density at radius 1 is 1.33 bits per heavy atom. The van der Waals surface area contributed by atoms with Crippen LogP contribution in [0.4, 0.5) is 0 Å². The van der Waals surface area contributed by atoms with Crippen LogP contribution in [-0.2, 0) is 26.2 Å². The predicted molar refractivity (Wildman–Crippen MR) is 78.4 cm³/mol. The van der Waals surface area contributed by atoms with Crippen LogP contribution in [0.15, 0.2) is 16.3 Å². The normalized spacial score (nSPS) is 13.1. The van der Waals surface area contributed by atoms with E-state index in [0.29, 0.717) is 4.88 Å². The summed E-state index contributed by atoms with van der Waals surface area (Å²) in [4.78, 5) is 22.5. The van der Waals surface area contributed by atoms with Crippen LogP contribution in [0, 0.1) is 5.92 Å². The molecule has 21 heavy (non-hydrogen) atoms. The van der Waals surface area contributed by atoms with Crippen LogP contribution in [0.2, 0.25) is 0 Å². The van der Waals surface area contributed by atoms with Crippen molar-refractivity contribution < 1.29 is 23.1 Å². The number of hydrogen-bond acceptors (Lipinski definition) is 5. The lowest BCUT2D eigenvalue weighted by Gasteiger charge is -2.17. The molecule has 0 fully saturated rings. The standard InChI is InChI=1S/C12H18N2O5S2/c1-7(2)11(12(16)17)14-21(18,19)10-5-4-9(20-10)6-13-8(3)15/h4-5,7,11,14H,6H2,1-3H3,(H,13,15)(H,16,17). The highest BCUT2D eigenvalue weighted by atomic mass is 32.2. The fourth-order valence-electron chi connectivity index (χ4n) is 1.51. The molecule has 1 unspecified atom stereocenters. The van der Waals surface area contributed by atoms with E-state index in [9.17, 15) is 18.0 Å². The Morgan fingerprint density at radius 3 is 2.43 bits per heavy atom. The van der Waals surface area contributed by atoms with Crippen LogP contribution in [0.5, 0.6) is 0 Å². The molecule has 0 bridgehead atoms. The third-order valence-electron chi connectivity index (χ3n) is 2.63. The molecule has 0 aliphatic heterocycles. The average molecular weight is 334 g/mol. The number of amides is 1. The number of nitrogens with one attached hydrogen (secondary N) is 2. The van der Waals surface area contributed by atoms with Crippen LogP contribution >= 0.6 is 11.3 Å². The molecule has 0 spiro atoms. The molecule has 0 saturated heterocycles. The van der Waals surface area contributed by atoms with Gasteiger partial charge in [-0.05, 0) is 18.1 Å². The highest BCUT2D eigenvalue weighted by Crippen LogP contribution is 2.22. The second kappa shape index (κ2) is 7.01. The second-order valence-corrected chi connectivity index (χ2v) is 7.92. The highest BCUT2D eigenvalue weighted by Gasteiger charge is 2.28. The lowest BCUT2D eigenvalue weighted by molar-refractivity contribution is -0.140. The van der Waals surface area contributed by atoms with Gasteiger partial charge in [0.25, 0.3) is 10.0 Å². The third-order valence-corrected chi connectivity index (χ3v) is 5.65. The monoisotopic (exact) mass is 334 g/mol. The van der Waals surface area contributed by atoms with Crippen LogP contribution < -0.4 is 10.0 Å². The zero-order chi connectivity index (χ0) is 16.2. The predicted octanol–water partition coefficient (Wildman–Crippen LogP) is 0.772. The Kier molecular flexibility index (Phi) is 5.87. The van der Waals surface area contributed by atoms with Crippen LogP contribution in [0.25, 0.3) is 0 Å². The van der Waals surface area contributed by atoms with Crippen molar-refractivity contribution in [2.24, 2.45) is 5.92 Å². The molecule has 0 aromatic carbocycles. The largest absolute Gasteiger partial charge is 0.480 e. The first-order chi connectivity index (χ1) is 9.63. The van der Waals surface area contributed by atoms with Crippen LogP contribution in [-0.4, -0.2) is 31.4 Å². The summed E-state index contributed by atoms with van der Waals surface area (Å²) < 4.78 is 26.5. The van der Waals surface area contributed by atoms with Crippen molar-refractivity contribution in [2.75, 3.05) is 0 Å². The maximum Gasteiger partial charge on any atom is 0.322 e. The van der Waals surface area contributed by atoms with Gasteiger partial charge >= 0.3 is 5.97 Å². The van der Waals surface area contributed by atoms with Crippen LogP contribution in [0.1, 0.15) is 25.6 Å². The Morgan fingerprint density at radius 2 is 1.95 bits per heavy atom. The topological polar surface area (TPSA) is 113 Å². The molecule has 1 heterocycles. The molecule has 7 nitrogen and oxygen atoms in total. The zero-order valence-corrected chi connectivity index (χ0v) is 13.5. The van der Waals surface area contributed by atoms with Crippen molar-refractivity contribution in [2.45, 2.75) is 37.6 Å². The van der Waals surface area contributed by atoms with Crippen molar-refractivity contribution in [3.63, 3.8) is 0 Å². The lowest BCUT2D eigenvalue weighted by Crippen LogP contribution is -2.43. The second-order valence-electron chi connectivity index (χ2n) is 4.81. The minimum atomic E-state index is -3.89. The molecule has 0 saturated carbocycles. The molecule has 118 valence electrons. The van der Waals surface area contributed by atoms with Gasteiger partial charge in [0.05, 0.1) is 6.54 Å². The fraction of sp³-hybridized carbons (Fsp3) is 0.500. The summed E-state index contributed by atoms with van der Waals surface area (Å²) in [6.45, 7) is 4.85. The summed E-state index contributed by atoms with van der Waals surface area (Å²) in [5, 5.41) is 11.6. The van der Waals surface area contributed by atoms with Gasteiger partial charge in [0.15, 0.2) is 0 Å². The summed E-state index contributed by atoms with van der Waals surface area (Å²) in [5.41, 5.74) is 0. The van der Waals surface area contributed by atoms with Crippen molar-refractivity contribution in [3.05, 3.63) is 17.0 Å². The van der Waals surface area contributed by atoms with Crippen molar-refractivity contribution in [1.29, 1.82) is 0 Å². The Labute approximate surface area is 127 Å². The van der Waals surface area contributed by atoms with Crippen molar-refractivity contribution in [3.8, 4) is 0 Å². The van der Waals surface area contributed by atoms with Crippen molar-refractivity contribution in [1.82, 2.24) is 10.0 Å². The smallest absolute Gasteiger partial charge is 0.322 e. The summed E-state index contributed by atoms with van der Waals surface area (Å²) in [6.07, 6.45) is 0. The first-order valence-electron chi connectivity index (χ1n) is 6.21. The maximum absolute atomic E-state index is 12.2. The first kappa shape index (κ1) is 17.6. The molecule has 0 aliphatic carbocycles. The van der Waals surface area contributed by atoms with Gasteiger partial charge < -0.3 is 10.4 Å². The molecule has 1 amide bonds. The van der Waals surface area contributed by atoms with E-state index < -0.39 is 22.0 Å². The van der Waals surface area contributed by atoms with E-state index in [0.717, 1.165) is 11.3 Å². The number of carbonyl (C=O) groups is 2. The number of carboxylic acid groups (broad SMARTS) is 1. The maximum atomic E-state index is 12.2. The quantitative estimate of drug-likeness (QED) is 0.682. The van der Waals surface area contributed by atoms with E-state index in [1.165, 1.54) is 13.0 Å². The van der Waals surface area contributed by atoms with Crippen LogP contribution in [0.3, 0.4) is 0 Å². The summed E-state index contributed by atoms with van der Waals surface area (Å²) in [6, 6.07) is 1.79. The molecule has 1 aromatic rings. The Balaban J connectivity index is 2.88. The van der Waals surface area contributed by atoms with Gasteiger partial charge in [0, 0.05) is 11.8 Å². The highest BCUT2D eigenvalue weighted by molar-refractivity contribution is 7.91. The van der Waals surface area contributed by atoms with Gasteiger partial charge in [0.1, 0.15) is 10.3 Å². The molecule has 9 heteroatoms. The van der Waals surface area contributed by atoms with Gasteiger partial charge in [-0.25, -0.2) is 8.42 Å². The minimum Gasteiger partial charge on any atom is -0.480 e. The number of hydrogen-bond donors (Lipinski definition) is 3. The van der Waals surface area contributed by atoms with E-state index in [1.807, 2.05) is 0 Å². The van der Waals surface area contributed by atoms with Gasteiger partial charge in [-0.1, -0.05) is 13.8 Å². The molecule has 0 radical (unpaired) electrons. The number of carboxylic acids is 1. The van der Waals surface area contributed by atoms with Gasteiger partial charge in [-0.2, -0.15) is 4.72 Å². The van der Waals surface area contributed by atoms with E-state index in [4.69, 9.17) is 5.11 Å². The van der Waals surface area contributed by atoms with Gasteiger partial charge in [-0.3, -0.25) is 9.59 Å². The number of aliphatic carboxylic acids is 1. The van der Waals surface area contributed by atoms with E-state index in [2.05, 4.69) is 10.0 Å². The molecule has 1 atom stereocenters. The fourth-order valence-corrected chi connectivity index (χ4v) is 4.16. The molecule has 1 aromatic heterocycles. The lowest BCUT2D eigenvalue weighted by atomic mass is 10.1. The van der Waals surface area contributed by atoms with Gasteiger partial charge in [0.2, 0.25) is 5.91 Å². The number of thiophene rings is 1. The Bertz CT molecular complexity index is 621. The molecule has 3 N–H and O–H groups in total. The van der Waals surface area contributed by atoms with E-state index >= 15 is 0 Å². The number of carbonyl (C=O) groups excluding carboxylic acids is 1. The Hall–Kier alpha value is -1.45. The summed E-state index contributed by atoms with van der Waals surface area (Å²) in [5.74, 6) is -1.81. The average Bonchev–Trinajstić information content (AvgIpc) is 2.82. The molecular weight excluding hydrogens is 316 g/mol. The molecule has 1 rings (SSSR count). The van der Waals surface area contributed by atoms with E-state index in [-0.39, 0.29) is 22.6 Å². The molecule has 0 aliphatic rings. The molecular formula is C12H18N2O5S2. The number of rotatable bonds is 7. The summed E-state index contributed by atoms with van der Waals surface area (Å²) in [7, 11) is -3.89. The van der Waals surface area contributed by atoms with Gasteiger partial charge in [-0.15, -0.1) is 11.3 Å². The minimum absolute atomic E-state index is 0.0229. The SMILES string of the molecule is CC(=O)NCc1ccc(S(=O)(=O)NC(C(=O)O)C(C)C)s1. The third kappa shape index (κ3) is 5.10. The van der Waals surface area contributed by atoms with Crippen molar-refractivity contribution >= 4 is 33.2 Å². The van der Waals surface area contributed by atoms with E-state index in [1.54, 1.807) is 19.9 Å². The first-order valence-corrected chi connectivity index (χ1v) is 8.51. The summed E-state index contributed by atoms with van der Waals surface area (Å²) >= 11 is 0.989. The number of sulfonamides is 1.